The second-order valence-electron chi connectivity index (χ2n) is 7.25. The Labute approximate surface area is 176 Å². The molecular formula is C25H24N2O3. The second-order valence-corrected chi connectivity index (χ2v) is 7.25. The summed E-state index contributed by atoms with van der Waals surface area (Å²) in [5.41, 5.74) is 4.06. The van der Waals surface area contributed by atoms with Crippen molar-refractivity contribution in [3.05, 3.63) is 95.6 Å². The van der Waals surface area contributed by atoms with E-state index in [1.807, 2.05) is 85.8 Å². The molecule has 5 heteroatoms. The number of carbonyl (C=O) groups excluding carboxylic acids is 1. The van der Waals surface area contributed by atoms with Gasteiger partial charge in [-0.2, -0.15) is 5.10 Å². The van der Waals surface area contributed by atoms with Gasteiger partial charge in [0.05, 0.1) is 18.9 Å². The molecule has 1 amide bonds. The smallest absolute Gasteiger partial charge is 0.281 e. The zero-order valence-electron chi connectivity index (χ0n) is 17.1. The second kappa shape index (κ2) is 8.82. The SMILES string of the molecule is COc1ccc([C@@H]2CC(c3ccccc3)=NN2C(=O)COc2ccc(C)cc2)cc1. The Balaban J connectivity index is 1.56. The van der Waals surface area contributed by atoms with E-state index in [1.165, 1.54) is 0 Å². The molecule has 0 radical (unpaired) electrons. The number of benzene rings is 3. The summed E-state index contributed by atoms with van der Waals surface area (Å²) in [5, 5.41) is 6.23. The lowest BCUT2D eigenvalue weighted by atomic mass is 9.98. The van der Waals surface area contributed by atoms with Crippen LogP contribution in [-0.2, 0) is 4.79 Å². The summed E-state index contributed by atoms with van der Waals surface area (Å²) in [6.07, 6.45) is 0.645. The minimum Gasteiger partial charge on any atom is -0.497 e. The Morgan fingerprint density at radius 2 is 1.63 bits per heavy atom. The van der Waals surface area contributed by atoms with Crippen LogP contribution < -0.4 is 9.47 Å². The van der Waals surface area contributed by atoms with Gasteiger partial charge in [0.25, 0.3) is 5.91 Å². The predicted octanol–water partition coefficient (Wildman–Crippen LogP) is 4.76. The molecule has 30 heavy (non-hydrogen) atoms. The van der Waals surface area contributed by atoms with Gasteiger partial charge < -0.3 is 9.47 Å². The van der Waals surface area contributed by atoms with E-state index in [0.29, 0.717) is 12.2 Å². The molecule has 1 aliphatic rings. The van der Waals surface area contributed by atoms with E-state index in [4.69, 9.17) is 9.47 Å². The lowest BCUT2D eigenvalue weighted by molar-refractivity contribution is -0.135. The molecule has 4 rings (SSSR count). The van der Waals surface area contributed by atoms with Crippen LogP contribution >= 0.6 is 0 Å². The Morgan fingerprint density at radius 1 is 0.967 bits per heavy atom. The van der Waals surface area contributed by atoms with E-state index in [1.54, 1.807) is 12.1 Å². The molecule has 0 saturated heterocycles. The maximum atomic E-state index is 13.0. The molecule has 0 N–H and O–H groups in total. The van der Waals surface area contributed by atoms with Crippen LogP contribution in [0.15, 0.2) is 84.0 Å². The lowest BCUT2D eigenvalue weighted by Crippen LogP contribution is -2.31. The predicted molar refractivity (Wildman–Crippen MR) is 117 cm³/mol. The van der Waals surface area contributed by atoms with Crippen molar-refractivity contribution in [1.29, 1.82) is 0 Å². The highest BCUT2D eigenvalue weighted by atomic mass is 16.5. The van der Waals surface area contributed by atoms with Crippen molar-refractivity contribution in [2.24, 2.45) is 5.10 Å². The number of hydrazone groups is 1. The van der Waals surface area contributed by atoms with E-state index in [0.717, 1.165) is 28.2 Å². The molecule has 0 saturated carbocycles. The van der Waals surface area contributed by atoms with Gasteiger partial charge in [-0.3, -0.25) is 4.79 Å². The first-order valence-electron chi connectivity index (χ1n) is 9.92. The zero-order chi connectivity index (χ0) is 20.9. The molecular weight excluding hydrogens is 376 g/mol. The highest BCUT2D eigenvalue weighted by molar-refractivity contribution is 6.03. The van der Waals surface area contributed by atoms with Crippen LogP contribution in [0, 0.1) is 6.92 Å². The van der Waals surface area contributed by atoms with Gasteiger partial charge in [-0.15, -0.1) is 0 Å². The van der Waals surface area contributed by atoms with Crippen LogP contribution in [0.3, 0.4) is 0 Å². The van der Waals surface area contributed by atoms with Crippen LogP contribution in [0.4, 0.5) is 0 Å². The van der Waals surface area contributed by atoms with Crippen LogP contribution in [0.2, 0.25) is 0 Å². The van der Waals surface area contributed by atoms with E-state index in [-0.39, 0.29) is 18.6 Å². The topological polar surface area (TPSA) is 51.1 Å². The van der Waals surface area contributed by atoms with E-state index in [2.05, 4.69) is 5.10 Å². The third kappa shape index (κ3) is 4.35. The fourth-order valence-corrected chi connectivity index (χ4v) is 3.48. The first-order chi connectivity index (χ1) is 14.6. The summed E-state index contributed by atoms with van der Waals surface area (Å²) in [6.45, 7) is 1.94. The quantitative estimate of drug-likeness (QED) is 0.599. The van der Waals surface area contributed by atoms with Crippen molar-refractivity contribution in [1.82, 2.24) is 5.01 Å². The van der Waals surface area contributed by atoms with E-state index in [9.17, 15) is 4.79 Å². The molecule has 3 aromatic carbocycles. The van der Waals surface area contributed by atoms with Crippen molar-refractivity contribution in [2.45, 2.75) is 19.4 Å². The van der Waals surface area contributed by atoms with Crippen molar-refractivity contribution in [3.8, 4) is 11.5 Å². The fourth-order valence-electron chi connectivity index (χ4n) is 3.48. The highest BCUT2D eigenvalue weighted by Crippen LogP contribution is 2.33. The van der Waals surface area contributed by atoms with Gasteiger partial charge in [-0.05, 0) is 42.3 Å². The minimum atomic E-state index is -0.180. The molecule has 0 fully saturated rings. The molecule has 3 aromatic rings. The van der Waals surface area contributed by atoms with Gasteiger partial charge in [0.1, 0.15) is 11.5 Å². The maximum Gasteiger partial charge on any atom is 0.281 e. The number of aryl methyl sites for hydroxylation is 1. The maximum absolute atomic E-state index is 13.0. The Bertz CT molecular complexity index is 1030. The molecule has 1 heterocycles. The van der Waals surface area contributed by atoms with Crippen LogP contribution in [0.1, 0.15) is 29.2 Å². The van der Waals surface area contributed by atoms with Gasteiger partial charge in [0.2, 0.25) is 0 Å². The molecule has 1 atom stereocenters. The summed E-state index contributed by atoms with van der Waals surface area (Å²) in [4.78, 5) is 13.0. The third-order valence-corrected chi connectivity index (χ3v) is 5.16. The molecule has 5 nitrogen and oxygen atoms in total. The van der Waals surface area contributed by atoms with Crippen LogP contribution in [0.25, 0.3) is 0 Å². The normalized spacial score (nSPS) is 15.6. The summed E-state index contributed by atoms with van der Waals surface area (Å²) in [7, 11) is 1.64. The standard InChI is InChI=1S/C25H24N2O3/c1-18-8-12-22(13-9-18)30-17-25(28)27-24(20-10-14-21(29-2)15-11-20)16-23(26-27)19-6-4-3-5-7-19/h3-15,24H,16-17H2,1-2H3/t24-/m0/s1. The number of amides is 1. The Kier molecular flexibility index (Phi) is 5.80. The third-order valence-electron chi connectivity index (χ3n) is 5.16. The van der Waals surface area contributed by atoms with Gasteiger partial charge in [-0.25, -0.2) is 5.01 Å². The number of rotatable bonds is 6. The number of ether oxygens (including phenoxy) is 2. The number of methoxy groups -OCH3 is 1. The Morgan fingerprint density at radius 3 is 2.30 bits per heavy atom. The van der Waals surface area contributed by atoms with Crippen molar-refractivity contribution in [3.63, 3.8) is 0 Å². The summed E-state index contributed by atoms with van der Waals surface area (Å²) >= 11 is 0. The molecule has 1 aliphatic heterocycles. The number of hydrogen-bond acceptors (Lipinski definition) is 4. The van der Waals surface area contributed by atoms with E-state index >= 15 is 0 Å². The fraction of sp³-hybridized carbons (Fsp3) is 0.200. The molecule has 0 spiro atoms. The average Bonchev–Trinajstić information content (AvgIpc) is 3.25. The molecule has 0 aliphatic carbocycles. The number of hydrogen-bond donors (Lipinski definition) is 0. The summed E-state index contributed by atoms with van der Waals surface area (Å²) < 4.78 is 11.0. The van der Waals surface area contributed by atoms with Gasteiger partial charge in [-0.1, -0.05) is 60.2 Å². The molecule has 0 bridgehead atoms. The first-order valence-corrected chi connectivity index (χ1v) is 9.92. The molecule has 0 unspecified atom stereocenters. The van der Waals surface area contributed by atoms with Gasteiger partial charge in [0.15, 0.2) is 6.61 Å². The van der Waals surface area contributed by atoms with Crippen LogP contribution in [-0.4, -0.2) is 30.3 Å². The number of nitrogens with zero attached hydrogens (tertiary/aromatic N) is 2. The summed E-state index contributed by atoms with van der Waals surface area (Å²) in [5.74, 6) is 1.27. The molecule has 0 aromatic heterocycles. The van der Waals surface area contributed by atoms with Gasteiger partial charge >= 0.3 is 0 Å². The van der Waals surface area contributed by atoms with E-state index < -0.39 is 0 Å². The zero-order valence-corrected chi connectivity index (χ0v) is 17.1. The number of carbonyl (C=O) groups is 1. The minimum absolute atomic E-state index is 0.0682. The largest absolute Gasteiger partial charge is 0.497 e. The molecule has 152 valence electrons. The first kappa shape index (κ1) is 19.7. The highest BCUT2D eigenvalue weighted by Gasteiger charge is 2.33. The summed E-state index contributed by atoms with van der Waals surface area (Å²) in [6, 6.07) is 25.2. The average molecular weight is 400 g/mol. The Hall–Kier alpha value is -3.60. The van der Waals surface area contributed by atoms with Gasteiger partial charge in [0, 0.05) is 6.42 Å². The monoisotopic (exact) mass is 400 g/mol. The van der Waals surface area contributed by atoms with Crippen molar-refractivity contribution in [2.75, 3.05) is 13.7 Å². The van der Waals surface area contributed by atoms with Crippen molar-refractivity contribution >= 4 is 11.6 Å². The lowest BCUT2D eigenvalue weighted by Gasteiger charge is -2.22. The van der Waals surface area contributed by atoms with Crippen LogP contribution in [0.5, 0.6) is 11.5 Å². The van der Waals surface area contributed by atoms with Crippen molar-refractivity contribution < 1.29 is 14.3 Å².